The molecule has 0 bridgehead atoms. The highest BCUT2D eigenvalue weighted by Crippen LogP contribution is 2.36. The third kappa shape index (κ3) is 3.13. The number of nitrogens with zero attached hydrogens (tertiary/aromatic N) is 2. The van der Waals surface area contributed by atoms with E-state index >= 15 is 0 Å². The van der Waals surface area contributed by atoms with Gasteiger partial charge in [-0.2, -0.15) is 0 Å². The summed E-state index contributed by atoms with van der Waals surface area (Å²) in [5.41, 5.74) is 0.922. The molecule has 1 amide bonds. The summed E-state index contributed by atoms with van der Waals surface area (Å²) in [5.74, 6) is 0.903. The number of rotatable bonds is 3. The Morgan fingerprint density at radius 2 is 1.80 bits per heavy atom. The van der Waals surface area contributed by atoms with Crippen LogP contribution in [0.1, 0.15) is 13.3 Å². The van der Waals surface area contributed by atoms with E-state index in [0.717, 1.165) is 31.9 Å². The zero-order valence-corrected chi connectivity index (χ0v) is 13.2. The fourth-order valence-electron chi connectivity index (χ4n) is 2.35. The number of halogens is 2. The second-order valence-electron chi connectivity index (χ2n) is 4.66. The third-order valence-electron chi connectivity index (χ3n) is 3.50. The van der Waals surface area contributed by atoms with Crippen LogP contribution in [0.2, 0.25) is 10.0 Å². The van der Waals surface area contributed by atoms with Crippen molar-refractivity contribution in [1.29, 1.82) is 0 Å². The molecule has 20 heavy (non-hydrogen) atoms. The summed E-state index contributed by atoms with van der Waals surface area (Å²) in [6, 6.07) is 3.54. The molecule has 1 saturated heterocycles. The number of benzene rings is 1. The lowest BCUT2D eigenvalue weighted by atomic mass is 10.2. The van der Waals surface area contributed by atoms with E-state index < -0.39 is 0 Å². The molecule has 0 radical (unpaired) electrons. The van der Waals surface area contributed by atoms with E-state index in [2.05, 4.69) is 4.90 Å². The Labute approximate surface area is 129 Å². The van der Waals surface area contributed by atoms with Crippen molar-refractivity contribution in [3.05, 3.63) is 22.2 Å². The largest absolute Gasteiger partial charge is 0.495 e. The van der Waals surface area contributed by atoms with Crippen LogP contribution in [-0.4, -0.2) is 44.1 Å². The highest BCUT2D eigenvalue weighted by Gasteiger charge is 2.22. The monoisotopic (exact) mass is 316 g/mol. The van der Waals surface area contributed by atoms with E-state index in [4.69, 9.17) is 27.9 Å². The molecule has 0 atom stereocenters. The minimum Gasteiger partial charge on any atom is -0.495 e. The van der Waals surface area contributed by atoms with Crippen LogP contribution in [0.15, 0.2) is 12.1 Å². The van der Waals surface area contributed by atoms with Gasteiger partial charge in [0.05, 0.1) is 22.8 Å². The molecule has 0 aromatic heterocycles. The zero-order valence-electron chi connectivity index (χ0n) is 11.7. The van der Waals surface area contributed by atoms with Gasteiger partial charge in [-0.25, -0.2) is 0 Å². The minimum absolute atomic E-state index is 0.200. The molecule has 0 spiro atoms. The van der Waals surface area contributed by atoms with E-state index in [1.165, 1.54) is 0 Å². The summed E-state index contributed by atoms with van der Waals surface area (Å²) in [5, 5.41) is 0.988. The fraction of sp³-hybridized carbons (Fsp3) is 0.500. The first-order valence-electron chi connectivity index (χ1n) is 6.62. The first kappa shape index (κ1) is 15.3. The van der Waals surface area contributed by atoms with Gasteiger partial charge in [-0.15, -0.1) is 0 Å². The fourth-order valence-corrected chi connectivity index (χ4v) is 2.66. The van der Waals surface area contributed by atoms with E-state index in [0.29, 0.717) is 22.2 Å². The molecule has 2 rings (SSSR count). The SMILES string of the molecule is CCC(=O)N1CCN(c2cc(Cl)c(Cl)cc2OC)CC1. The van der Waals surface area contributed by atoms with Gasteiger partial charge in [0, 0.05) is 38.7 Å². The maximum atomic E-state index is 11.7. The summed E-state index contributed by atoms with van der Waals surface area (Å²) in [6.07, 6.45) is 0.552. The average Bonchev–Trinajstić information content (AvgIpc) is 2.49. The normalized spacial score (nSPS) is 15.4. The lowest BCUT2D eigenvalue weighted by Crippen LogP contribution is -2.48. The number of amides is 1. The molecule has 1 heterocycles. The Balaban J connectivity index is 2.14. The Bertz CT molecular complexity index is 500. The van der Waals surface area contributed by atoms with Gasteiger partial charge in [-0.3, -0.25) is 4.79 Å². The first-order valence-corrected chi connectivity index (χ1v) is 7.38. The molecule has 4 nitrogen and oxygen atoms in total. The molecule has 1 aromatic carbocycles. The van der Waals surface area contributed by atoms with Crippen molar-refractivity contribution in [2.45, 2.75) is 13.3 Å². The number of carbonyl (C=O) groups excluding carboxylic acids is 1. The zero-order chi connectivity index (χ0) is 14.7. The molecule has 0 N–H and O–H groups in total. The molecule has 0 saturated carbocycles. The Hall–Kier alpha value is -1.13. The number of ether oxygens (including phenoxy) is 1. The van der Waals surface area contributed by atoms with E-state index in [9.17, 15) is 4.79 Å². The molecule has 6 heteroatoms. The second kappa shape index (κ2) is 6.55. The average molecular weight is 317 g/mol. The molecule has 1 aliphatic heterocycles. The lowest BCUT2D eigenvalue weighted by molar-refractivity contribution is -0.131. The molecular weight excluding hydrogens is 299 g/mol. The third-order valence-corrected chi connectivity index (χ3v) is 4.22. The van der Waals surface area contributed by atoms with Gasteiger partial charge in [0.2, 0.25) is 5.91 Å². The second-order valence-corrected chi connectivity index (χ2v) is 5.47. The molecule has 1 aliphatic rings. The maximum absolute atomic E-state index is 11.7. The summed E-state index contributed by atoms with van der Waals surface area (Å²) in [7, 11) is 1.61. The van der Waals surface area contributed by atoms with Crippen molar-refractivity contribution in [2.24, 2.45) is 0 Å². The molecular formula is C14H18Cl2N2O2. The van der Waals surface area contributed by atoms with Gasteiger partial charge in [-0.1, -0.05) is 30.1 Å². The number of anilines is 1. The van der Waals surface area contributed by atoms with Crippen LogP contribution >= 0.6 is 23.2 Å². The summed E-state index contributed by atoms with van der Waals surface area (Å²) < 4.78 is 5.36. The van der Waals surface area contributed by atoms with Crippen LogP contribution in [0.25, 0.3) is 0 Å². The number of hydrogen-bond acceptors (Lipinski definition) is 3. The standard InChI is InChI=1S/C14H18Cl2N2O2/c1-3-14(19)18-6-4-17(5-7-18)12-8-10(15)11(16)9-13(12)20-2/h8-9H,3-7H2,1-2H3. The number of piperazine rings is 1. The van der Waals surface area contributed by atoms with Crippen molar-refractivity contribution < 1.29 is 9.53 Å². The van der Waals surface area contributed by atoms with Crippen LogP contribution < -0.4 is 9.64 Å². The van der Waals surface area contributed by atoms with Gasteiger partial charge in [0.15, 0.2) is 0 Å². The first-order chi connectivity index (χ1) is 9.56. The smallest absolute Gasteiger partial charge is 0.222 e. The maximum Gasteiger partial charge on any atom is 0.222 e. The number of methoxy groups -OCH3 is 1. The summed E-state index contributed by atoms with van der Waals surface area (Å²) in [6.45, 7) is 4.85. The van der Waals surface area contributed by atoms with Crippen molar-refractivity contribution in [3.8, 4) is 5.75 Å². The quantitative estimate of drug-likeness (QED) is 0.859. The van der Waals surface area contributed by atoms with E-state index in [1.54, 1.807) is 13.2 Å². The highest BCUT2D eigenvalue weighted by atomic mass is 35.5. The Morgan fingerprint density at radius 1 is 1.20 bits per heavy atom. The molecule has 0 aliphatic carbocycles. The van der Waals surface area contributed by atoms with Crippen LogP contribution in [0, 0.1) is 0 Å². The molecule has 110 valence electrons. The van der Waals surface area contributed by atoms with Gasteiger partial charge in [-0.05, 0) is 6.07 Å². The van der Waals surface area contributed by atoms with Crippen LogP contribution in [0.5, 0.6) is 5.75 Å². The van der Waals surface area contributed by atoms with Crippen molar-refractivity contribution in [3.63, 3.8) is 0 Å². The minimum atomic E-state index is 0.200. The van der Waals surface area contributed by atoms with Gasteiger partial charge in [0.1, 0.15) is 5.75 Å². The predicted molar refractivity (Wildman–Crippen MR) is 82.1 cm³/mol. The van der Waals surface area contributed by atoms with Crippen molar-refractivity contribution >= 4 is 34.8 Å². The Kier molecular flexibility index (Phi) is 5.00. The van der Waals surface area contributed by atoms with Crippen LogP contribution in [0.4, 0.5) is 5.69 Å². The Morgan fingerprint density at radius 3 is 2.35 bits per heavy atom. The van der Waals surface area contributed by atoms with Crippen LogP contribution in [0.3, 0.4) is 0 Å². The van der Waals surface area contributed by atoms with Gasteiger partial charge in [0.25, 0.3) is 0 Å². The lowest BCUT2D eigenvalue weighted by Gasteiger charge is -2.36. The number of carbonyl (C=O) groups is 1. The molecule has 1 fully saturated rings. The topological polar surface area (TPSA) is 32.8 Å². The molecule has 0 unspecified atom stereocenters. The van der Waals surface area contributed by atoms with Crippen LogP contribution in [-0.2, 0) is 4.79 Å². The number of hydrogen-bond donors (Lipinski definition) is 0. The summed E-state index contributed by atoms with van der Waals surface area (Å²) >= 11 is 12.1. The van der Waals surface area contributed by atoms with Crippen molar-refractivity contribution in [2.75, 3.05) is 38.2 Å². The summed E-state index contributed by atoms with van der Waals surface area (Å²) in [4.78, 5) is 15.7. The van der Waals surface area contributed by atoms with Gasteiger partial charge >= 0.3 is 0 Å². The van der Waals surface area contributed by atoms with E-state index in [1.807, 2.05) is 17.9 Å². The predicted octanol–water partition coefficient (Wildman–Crippen LogP) is 3.06. The van der Waals surface area contributed by atoms with Gasteiger partial charge < -0.3 is 14.5 Å². The highest BCUT2D eigenvalue weighted by molar-refractivity contribution is 6.42. The van der Waals surface area contributed by atoms with Crippen molar-refractivity contribution in [1.82, 2.24) is 4.90 Å². The van der Waals surface area contributed by atoms with E-state index in [-0.39, 0.29) is 5.91 Å². The molecule has 1 aromatic rings.